The van der Waals surface area contributed by atoms with Gasteiger partial charge in [0.25, 0.3) is 0 Å². The zero-order valence-corrected chi connectivity index (χ0v) is 11.3. The summed E-state index contributed by atoms with van der Waals surface area (Å²) in [7, 11) is 0. The minimum absolute atomic E-state index is 0.0805. The highest BCUT2D eigenvalue weighted by Gasteiger charge is 2.15. The molecule has 1 saturated carbocycles. The molecule has 0 bridgehead atoms. The zero-order valence-electron chi connectivity index (χ0n) is 11.3. The van der Waals surface area contributed by atoms with E-state index in [1.54, 1.807) is 0 Å². The maximum atomic E-state index is 11.5. The Morgan fingerprint density at radius 1 is 1.11 bits per heavy atom. The first-order chi connectivity index (χ1) is 8.66. The van der Waals surface area contributed by atoms with Crippen LogP contribution in [0.5, 0.6) is 5.75 Å². The van der Waals surface area contributed by atoms with E-state index in [1.807, 2.05) is 26.0 Å². The molecule has 1 aromatic carbocycles. The molecule has 1 fully saturated rings. The summed E-state index contributed by atoms with van der Waals surface area (Å²) < 4.78 is 5.28. The number of ether oxygens (including phenoxy) is 1. The fourth-order valence-electron chi connectivity index (χ4n) is 2.48. The van der Waals surface area contributed by atoms with E-state index in [0.29, 0.717) is 11.7 Å². The third-order valence-corrected chi connectivity index (χ3v) is 3.65. The molecule has 0 N–H and O–H groups in total. The largest absolute Gasteiger partial charge is 0.426 e. The Morgan fingerprint density at radius 2 is 1.72 bits per heavy atom. The monoisotopic (exact) mass is 246 g/mol. The maximum absolute atomic E-state index is 11.5. The molecule has 0 amide bonds. The van der Waals surface area contributed by atoms with Crippen molar-refractivity contribution in [1.82, 2.24) is 0 Å². The standard InChI is InChI=1S/C16H22O2/c1-12(2)16(17)18-15-10-8-14(9-11-15)13-6-4-3-5-7-13/h8-13H,3-7H2,1-2H3. The fraction of sp³-hybridized carbons (Fsp3) is 0.562. The van der Waals surface area contributed by atoms with Crippen LogP contribution in [-0.2, 0) is 4.79 Å². The zero-order chi connectivity index (χ0) is 13.0. The molecule has 98 valence electrons. The maximum Gasteiger partial charge on any atom is 0.313 e. The second-order valence-electron chi connectivity index (χ2n) is 5.48. The predicted molar refractivity (Wildman–Crippen MR) is 72.7 cm³/mol. The van der Waals surface area contributed by atoms with Crippen LogP contribution in [0.1, 0.15) is 57.4 Å². The number of esters is 1. The second kappa shape index (κ2) is 6.03. The van der Waals surface area contributed by atoms with Crippen molar-refractivity contribution in [2.45, 2.75) is 51.9 Å². The normalized spacial score (nSPS) is 16.8. The van der Waals surface area contributed by atoms with Gasteiger partial charge >= 0.3 is 5.97 Å². The molecule has 2 nitrogen and oxygen atoms in total. The van der Waals surface area contributed by atoms with E-state index in [9.17, 15) is 4.79 Å². The minimum Gasteiger partial charge on any atom is -0.426 e. The smallest absolute Gasteiger partial charge is 0.313 e. The fourth-order valence-corrected chi connectivity index (χ4v) is 2.48. The Morgan fingerprint density at radius 3 is 2.28 bits per heavy atom. The molecule has 0 heterocycles. The molecule has 0 spiro atoms. The first kappa shape index (κ1) is 13.1. The van der Waals surface area contributed by atoms with Gasteiger partial charge in [-0.2, -0.15) is 0 Å². The van der Waals surface area contributed by atoms with Gasteiger partial charge in [-0.3, -0.25) is 4.79 Å². The SMILES string of the molecule is CC(C)C(=O)Oc1ccc(C2CCCCC2)cc1. The van der Waals surface area contributed by atoms with Crippen molar-refractivity contribution in [3.05, 3.63) is 29.8 Å². The molecule has 1 aliphatic carbocycles. The molecule has 0 radical (unpaired) electrons. The molecule has 2 rings (SSSR count). The summed E-state index contributed by atoms with van der Waals surface area (Å²) in [6.45, 7) is 3.69. The second-order valence-corrected chi connectivity index (χ2v) is 5.48. The molecule has 1 aliphatic rings. The third kappa shape index (κ3) is 3.34. The van der Waals surface area contributed by atoms with E-state index < -0.39 is 0 Å². The lowest BCUT2D eigenvalue weighted by Crippen LogP contribution is -2.14. The van der Waals surface area contributed by atoms with Crippen LogP contribution in [0.4, 0.5) is 0 Å². The summed E-state index contributed by atoms with van der Waals surface area (Å²) >= 11 is 0. The molecule has 18 heavy (non-hydrogen) atoms. The minimum atomic E-state index is -0.166. The summed E-state index contributed by atoms with van der Waals surface area (Å²) in [6.07, 6.45) is 6.65. The van der Waals surface area contributed by atoms with E-state index in [-0.39, 0.29) is 11.9 Å². The lowest BCUT2D eigenvalue weighted by molar-refractivity contribution is -0.137. The molecule has 0 atom stereocenters. The summed E-state index contributed by atoms with van der Waals surface area (Å²) in [4.78, 5) is 11.5. The van der Waals surface area contributed by atoms with Gasteiger partial charge in [-0.15, -0.1) is 0 Å². The van der Waals surface area contributed by atoms with Gasteiger partial charge in [-0.1, -0.05) is 45.2 Å². The Kier molecular flexibility index (Phi) is 4.40. The van der Waals surface area contributed by atoms with Crippen LogP contribution in [0, 0.1) is 5.92 Å². The highest BCUT2D eigenvalue weighted by Crippen LogP contribution is 2.33. The first-order valence-electron chi connectivity index (χ1n) is 6.98. The summed E-state index contributed by atoms with van der Waals surface area (Å²) in [5.41, 5.74) is 1.39. The quantitative estimate of drug-likeness (QED) is 0.587. The van der Waals surface area contributed by atoms with Gasteiger partial charge < -0.3 is 4.74 Å². The van der Waals surface area contributed by atoms with Crippen LogP contribution in [-0.4, -0.2) is 5.97 Å². The number of benzene rings is 1. The average Bonchev–Trinajstić information content (AvgIpc) is 2.40. The molecule has 0 aromatic heterocycles. The number of rotatable bonds is 3. The van der Waals surface area contributed by atoms with Crippen molar-refractivity contribution in [3.8, 4) is 5.75 Å². The Bertz CT molecular complexity index is 386. The van der Waals surface area contributed by atoms with Gasteiger partial charge in [0.1, 0.15) is 5.75 Å². The highest BCUT2D eigenvalue weighted by molar-refractivity contribution is 5.74. The molecule has 0 aliphatic heterocycles. The lowest BCUT2D eigenvalue weighted by Gasteiger charge is -2.22. The van der Waals surface area contributed by atoms with Crippen LogP contribution in [0.3, 0.4) is 0 Å². The summed E-state index contributed by atoms with van der Waals surface area (Å²) in [5, 5.41) is 0. The van der Waals surface area contributed by atoms with Crippen LogP contribution in [0.2, 0.25) is 0 Å². The van der Waals surface area contributed by atoms with E-state index in [1.165, 1.54) is 37.7 Å². The van der Waals surface area contributed by atoms with Crippen molar-refractivity contribution in [2.75, 3.05) is 0 Å². The van der Waals surface area contributed by atoms with Gasteiger partial charge in [0.15, 0.2) is 0 Å². The van der Waals surface area contributed by atoms with E-state index in [0.717, 1.165) is 0 Å². The average molecular weight is 246 g/mol. The van der Waals surface area contributed by atoms with Gasteiger partial charge in [-0.25, -0.2) is 0 Å². The highest BCUT2D eigenvalue weighted by atomic mass is 16.5. The van der Waals surface area contributed by atoms with Gasteiger partial charge in [0.05, 0.1) is 5.92 Å². The lowest BCUT2D eigenvalue weighted by atomic mass is 9.84. The Hall–Kier alpha value is -1.31. The van der Waals surface area contributed by atoms with E-state index in [2.05, 4.69) is 12.1 Å². The van der Waals surface area contributed by atoms with Crippen LogP contribution >= 0.6 is 0 Å². The molecule has 1 aromatic rings. The van der Waals surface area contributed by atoms with Crippen LogP contribution in [0.15, 0.2) is 24.3 Å². The predicted octanol–water partition coefficient (Wildman–Crippen LogP) is 4.30. The molecule has 0 unspecified atom stereocenters. The summed E-state index contributed by atoms with van der Waals surface area (Å²) in [6, 6.07) is 8.06. The van der Waals surface area contributed by atoms with Gasteiger partial charge in [-0.05, 0) is 36.5 Å². The molecule has 2 heteroatoms. The Labute approximate surface area is 109 Å². The number of carbonyl (C=O) groups excluding carboxylic acids is 1. The molecule has 0 saturated heterocycles. The first-order valence-corrected chi connectivity index (χ1v) is 6.98. The topological polar surface area (TPSA) is 26.3 Å². The van der Waals surface area contributed by atoms with Crippen LogP contribution < -0.4 is 4.74 Å². The number of hydrogen-bond donors (Lipinski definition) is 0. The van der Waals surface area contributed by atoms with Gasteiger partial charge in [0, 0.05) is 0 Å². The molecular weight excluding hydrogens is 224 g/mol. The number of carbonyl (C=O) groups is 1. The van der Waals surface area contributed by atoms with Crippen molar-refractivity contribution >= 4 is 5.97 Å². The van der Waals surface area contributed by atoms with Crippen LogP contribution in [0.25, 0.3) is 0 Å². The van der Waals surface area contributed by atoms with E-state index in [4.69, 9.17) is 4.74 Å². The summed E-state index contributed by atoms with van der Waals surface area (Å²) in [5.74, 6) is 1.12. The molecular formula is C16H22O2. The van der Waals surface area contributed by atoms with Gasteiger partial charge in [0.2, 0.25) is 0 Å². The van der Waals surface area contributed by atoms with Crippen molar-refractivity contribution < 1.29 is 9.53 Å². The van der Waals surface area contributed by atoms with E-state index >= 15 is 0 Å². The number of hydrogen-bond acceptors (Lipinski definition) is 2. The van der Waals surface area contributed by atoms with Crippen molar-refractivity contribution in [2.24, 2.45) is 5.92 Å². The third-order valence-electron chi connectivity index (χ3n) is 3.65. The Balaban J connectivity index is 1.98. The van der Waals surface area contributed by atoms with Crippen molar-refractivity contribution in [1.29, 1.82) is 0 Å². The van der Waals surface area contributed by atoms with Crippen molar-refractivity contribution in [3.63, 3.8) is 0 Å².